The molecule has 29 heavy (non-hydrogen) atoms. The van der Waals surface area contributed by atoms with Gasteiger partial charge >= 0.3 is 0 Å². The molecule has 4 nitrogen and oxygen atoms in total. The number of amides is 1. The van der Waals surface area contributed by atoms with E-state index in [9.17, 15) is 4.79 Å². The highest BCUT2D eigenvalue weighted by molar-refractivity contribution is 6.07. The van der Waals surface area contributed by atoms with Crippen LogP contribution in [0.4, 0.5) is 0 Å². The summed E-state index contributed by atoms with van der Waals surface area (Å²) in [4.78, 5) is 17.8. The van der Waals surface area contributed by atoms with Gasteiger partial charge in [-0.2, -0.15) is 5.10 Å². The van der Waals surface area contributed by atoms with E-state index in [1.807, 2.05) is 30.3 Å². The summed E-state index contributed by atoms with van der Waals surface area (Å²) in [5.74, 6) is 0.456. The fraction of sp³-hybridized carbons (Fsp3) is 0.320. The topological polar surface area (TPSA) is 54.4 Å². The lowest BCUT2D eigenvalue weighted by atomic mass is 9.89. The number of hydrogen-bond acceptors (Lipinski definition) is 3. The Morgan fingerprint density at radius 2 is 1.93 bits per heavy atom. The molecule has 1 fully saturated rings. The van der Waals surface area contributed by atoms with E-state index in [0.29, 0.717) is 11.5 Å². The molecule has 2 aromatic carbocycles. The largest absolute Gasteiger partial charge is 0.272 e. The molecule has 0 unspecified atom stereocenters. The number of fused-ring (bicyclic) bond motifs is 1. The SMILES string of the molecule is Cc1ccc(-c2cc(C(=O)N/N=C3/CCC[C@@H](C)C3)c3ccccc3n2)cc1C. The number of hydrogen-bond donors (Lipinski definition) is 1. The molecule has 1 amide bonds. The third kappa shape index (κ3) is 4.21. The smallest absolute Gasteiger partial charge is 0.267 e. The van der Waals surface area contributed by atoms with Gasteiger partial charge in [-0.3, -0.25) is 4.79 Å². The van der Waals surface area contributed by atoms with E-state index in [0.717, 1.165) is 47.1 Å². The first kappa shape index (κ1) is 19.3. The molecule has 0 bridgehead atoms. The van der Waals surface area contributed by atoms with Gasteiger partial charge in [0.2, 0.25) is 0 Å². The van der Waals surface area contributed by atoms with Gasteiger partial charge in [0.15, 0.2) is 0 Å². The van der Waals surface area contributed by atoms with Crippen LogP contribution in [0.2, 0.25) is 0 Å². The molecule has 3 aromatic rings. The van der Waals surface area contributed by atoms with Crippen LogP contribution in [0, 0.1) is 19.8 Å². The molecular formula is C25H27N3O. The molecule has 1 N–H and O–H groups in total. The van der Waals surface area contributed by atoms with E-state index in [2.05, 4.69) is 49.5 Å². The van der Waals surface area contributed by atoms with Crippen LogP contribution in [-0.4, -0.2) is 16.6 Å². The summed E-state index contributed by atoms with van der Waals surface area (Å²) in [5, 5.41) is 5.28. The number of nitrogens with zero attached hydrogens (tertiary/aromatic N) is 2. The van der Waals surface area contributed by atoms with Crippen molar-refractivity contribution in [3.63, 3.8) is 0 Å². The lowest BCUT2D eigenvalue weighted by Crippen LogP contribution is -2.22. The molecule has 4 rings (SSSR count). The number of carbonyl (C=O) groups excluding carboxylic acids is 1. The number of nitrogens with one attached hydrogen (secondary N) is 1. The summed E-state index contributed by atoms with van der Waals surface area (Å²) in [6.45, 7) is 6.43. The Balaban J connectivity index is 1.71. The molecule has 1 aliphatic carbocycles. The minimum Gasteiger partial charge on any atom is -0.267 e. The molecular weight excluding hydrogens is 358 g/mol. The Hall–Kier alpha value is -3.01. The van der Waals surface area contributed by atoms with Gasteiger partial charge in [-0.05, 0) is 74.8 Å². The zero-order valence-corrected chi connectivity index (χ0v) is 17.3. The van der Waals surface area contributed by atoms with Crippen LogP contribution in [0.3, 0.4) is 0 Å². The molecule has 1 saturated carbocycles. The molecule has 0 aliphatic heterocycles. The number of pyridine rings is 1. The Morgan fingerprint density at radius 3 is 2.72 bits per heavy atom. The summed E-state index contributed by atoms with van der Waals surface area (Å²) in [6, 6.07) is 15.9. The third-order valence-electron chi connectivity index (χ3n) is 5.83. The summed E-state index contributed by atoms with van der Waals surface area (Å²) in [6.07, 6.45) is 4.31. The van der Waals surface area contributed by atoms with Crippen molar-refractivity contribution in [3.8, 4) is 11.3 Å². The highest BCUT2D eigenvalue weighted by atomic mass is 16.2. The van der Waals surface area contributed by atoms with Crippen molar-refractivity contribution < 1.29 is 4.79 Å². The second kappa shape index (κ2) is 8.16. The van der Waals surface area contributed by atoms with Crippen LogP contribution >= 0.6 is 0 Å². The van der Waals surface area contributed by atoms with Crippen molar-refractivity contribution in [1.29, 1.82) is 0 Å². The van der Waals surface area contributed by atoms with Crippen LogP contribution in [0.1, 0.15) is 54.1 Å². The molecule has 4 heteroatoms. The van der Waals surface area contributed by atoms with Crippen molar-refractivity contribution >= 4 is 22.5 Å². The lowest BCUT2D eigenvalue weighted by molar-refractivity contribution is 0.0956. The van der Waals surface area contributed by atoms with Crippen LogP contribution in [0.5, 0.6) is 0 Å². The van der Waals surface area contributed by atoms with Gasteiger partial charge in [-0.1, -0.05) is 37.3 Å². The van der Waals surface area contributed by atoms with Crippen molar-refractivity contribution in [2.75, 3.05) is 0 Å². The number of hydrazone groups is 1. The Bertz CT molecular complexity index is 1100. The van der Waals surface area contributed by atoms with E-state index >= 15 is 0 Å². The zero-order valence-electron chi connectivity index (χ0n) is 17.3. The molecule has 0 saturated heterocycles. The van der Waals surface area contributed by atoms with E-state index in [-0.39, 0.29) is 5.91 Å². The first-order valence-electron chi connectivity index (χ1n) is 10.3. The van der Waals surface area contributed by atoms with Crippen LogP contribution in [0.15, 0.2) is 53.6 Å². The van der Waals surface area contributed by atoms with Gasteiger partial charge in [0.05, 0.1) is 16.8 Å². The second-order valence-corrected chi connectivity index (χ2v) is 8.19. The summed E-state index contributed by atoms with van der Waals surface area (Å²) < 4.78 is 0. The summed E-state index contributed by atoms with van der Waals surface area (Å²) in [5.41, 5.74) is 9.58. The van der Waals surface area contributed by atoms with Crippen LogP contribution < -0.4 is 5.43 Å². The monoisotopic (exact) mass is 385 g/mol. The average Bonchev–Trinajstić information content (AvgIpc) is 2.73. The average molecular weight is 386 g/mol. The van der Waals surface area contributed by atoms with Gasteiger partial charge in [-0.25, -0.2) is 10.4 Å². The number of para-hydroxylation sites is 1. The maximum absolute atomic E-state index is 13.0. The van der Waals surface area contributed by atoms with Crippen LogP contribution in [0.25, 0.3) is 22.2 Å². The van der Waals surface area contributed by atoms with Crippen molar-refractivity contribution in [2.45, 2.75) is 46.5 Å². The molecule has 0 spiro atoms. The number of rotatable bonds is 3. The molecule has 0 radical (unpaired) electrons. The highest BCUT2D eigenvalue weighted by Gasteiger charge is 2.17. The fourth-order valence-corrected chi connectivity index (χ4v) is 3.96. The molecule has 1 heterocycles. The Labute approximate surface area is 172 Å². The van der Waals surface area contributed by atoms with E-state index in [1.54, 1.807) is 0 Å². The van der Waals surface area contributed by atoms with E-state index < -0.39 is 0 Å². The Morgan fingerprint density at radius 1 is 1.10 bits per heavy atom. The maximum atomic E-state index is 13.0. The summed E-state index contributed by atoms with van der Waals surface area (Å²) >= 11 is 0. The first-order valence-corrected chi connectivity index (χ1v) is 10.3. The standard InChI is InChI=1S/C25H27N3O/c1-16-7-6-8-20(13-16)27-28-25(29)22-15-24(19-12-11-17(2)18(3)14-19)26-23-10-5-4-9-21(22)23/h4-5,9-12,14-16H,6-8,13H2,1-3H3,(H,28,29)/b27-20-/t16-/m1/s1. The number of aromatic nitrogens is 1. The second-order valence-electron chi connectivity index (χ2n) is 8.19. The van der Waals surface area contributed by atoms with Gasteiger partial charge in [0.1, 0.15) is 0 Å². The van der Waals surface area contributed by atoms with Crippen molar-refractivity contribution in [3.05, 3.63) is 65.2 Å². The minimum atomic E-state index is -0.181. The van der Waals surface area contributed by atoms with Crippen molar-refractivity contribution in [2.24, 2.45) is 11.0 Å². The molecule has 1 aromatic heterocycles. The molecule has 1 atom stereocenters. The first-order chi connectivity index (χ1) is 14.0. The van der Waals surface area contributed by atoms with Gasteiger partial charge < -0.3 is 0 Å². The van der Waals surface area contributed by atoms with E-state index in [4.69, 9.17) is 4.98 Å². The number of aryl methyl sites for hydroxylation is 2. The quantitative estimate of drug-likeness (QED) is 0.578. The van der Waals surface area contributed by atoms with Gasteiger partial charge in [-0.15, -0.1) is 0 Å². The molecule has 1 aliphatic rings. The maximum Gasteiger partial charge on any atom is 0.272 e. The summed E-state index contributed by atoms with van der Waals surface area (Å²) in [7, 11) is 0. The molecule has 148 valence electrons. The zero-order chi connectivity index (χ0) is 20.4. The predicted octanol–water partition coefficient (Wildman–Crippen LogP) is 5.81. The van der Waals surface area contributed by atoms with E-state index in [1.165, 1.54) is 17.5 Å². The highest BCUT2D eigenvalue weighted by Crippen LogP contribution is 2.26. The van der Waals surface area contributed by atoms with Gasteiger partial charge in [0.25, 0.3) is 5.91 Å². The van der Waals surface area contributed by atoms with Crippen LogP contribution in [-0.2, 0) is 0 Å². The fourth-order valence-electron chi connectivity index (χ4n) is 3.96. The number of carbonyl (C=O) groups is 1. The minimum absolute atomic E-state index is 0.181. The van der Waals surface area contributed by atoms with Crippen molar-refractivity contribution in [1.82, 2.24) is 10.4 Å². The Kier molecular flexibility index (Phi) is 5.43. The van der Waals surface area contributed by atoms with Gasteiger partial charge in [0, 0.05) is 16.7 Å². The normalized spacial score (nSPS) is 18.2. The third-order valence-corrected chi connectivity index (χ3v) is 5.83. The number of benzene rings is 2. The predicted molar refractivity (Wildman–Crippen MR) is 119 cm³/mol. The lowest BCUT2D eigenvalue weighted by Gasteiger charge is -2.19.